The fraction of sp³-hybridized carbons (Fsp3) is 0.833. The molecule has 0 amide bonds. The number of rotatable bonds is 6. The average Bonchev–Trinajstić information content (AvgIpc) is 2.00. The number of hydrogen-bond donors (Lipinski definition) is 0. The molecule has 88 valence electrons. The summed E-state index contributed by atoms with van der Waals surface area (Å²) in [6.45, 7) is 9.23. The van der Waals surface area contributed by atoms with Crippen LogP contribution in [0.5, 0.6) is 0 Å². The van der Waals surface area contributed by atoms with E-state index in [1.54, 1.807) is 6.92 Å². The number of carbonyl (C=O) groups excluding carboxylic acids is 2. The van der Waals surface area contributed by atoms with Crippen molar-refractivity contribution < 1.29 is 14.3 Å². The van der Waals surface area contributed by atoms with Gasteiger partial charge in [-0.2, -0.15) is 0 Å². The molecule has 0 rings (SSSR count). The zero-order chi connectivity index (χ0) is 12.0. The third kappa shape index (κ3) is 6.26. The predicted octanol–water partition coefficient (Wildman–Crippen LogP) is 2.58. The smallest absolute Gasteiger partial charge is 0.306 e. The van der Waals surface area contributed by atoms with E-state index in [0.29, 0.717) is 12.8 Å². The van der Waals surface area contributed by atoms with Gasteiger partial charge in [-0.1, -0.05) is 13.8 Å². The van der Waals surface area contributed by atoms with Crippen molar-refractivity contribution in [3.8, 4) is 0 Å². The summed E-state index contributed by atoms with van der Waals surface area (Å²) in [5.74, 6) is 0.207. The maximum Gasteiger partial charge on any atom is 0.306 e. The summed E-state index contributed by atoms with van der Waals surface area (Å²) in [5, 5.41) is 0. The molecule has 15 heavy (non-hydrogen) atoms. The molecular weight excluding hydrogens is 192 g/mol. The number of hydrogen-bond acceptors (Lipinski definition) is 3. The van der Waals surface area contributed by atoms with Crippen LogP contribution >= 0.6 is 0 Å². The van der Waals surface area contributed by atoms with E-state index in [0.717, 1.165) is 0 Å². The Balaban J connectivity index is 4.00. The second-order valence-electron chi connectivity index (χ2n) is 4.54. The molecule has 0 aromatic heterocycles. The van der Waals surface area contributed by atoms with Crippen LogP contribution in [0, 0.1) is 11.8 Å². The van der Waals surface area contributed by atoms with E-state index in [1.807, 2.05) is 27.7 Å². The topological polar surface area (TPSA) is 43.4 Å². The van der Waals surface area contributed by atoms with Gasteiger partial charge in [-0.25, -0.2) is 0 Å². The Labute approximate surface area is 92.2 Å². The van der Waals surface area contributed by atoms with Crippen molar-refractivity contribution in [2.45, 2.75) is 53.6 Å². The molecule has 0 saturated heterocycles. The van der Waals surface area contributed by atoms with Gasteiger partial charge in [0.05, 0.1) is 6.10 Å². The van der Waals surface area contributed by atoms with Gasteiger partial charge in [0.2, 0.25) is 0 Å². The first-order valence-corrected chi connectivity index (χ1v) is 5.54. The SMILES string of the molecule is CC(=O)C(CCC(=O)OC(C)C)C(C)C. The van der Waals surface area contributed by atoms with Crippen molar-refractivity contribution in [3.05, 3.63) is 0 Å². The highest BCUT2D eigenvalue weighted by Crippen LogP contribution is 2.18. The van der Waals surface area contributed by atoms with Crippen LogP contribution in [0.4, 0.5) is 0 Å². The lowest BCUT2D eigenvalue weighted by atomic mass is 9.88. The third-order valence-electron chi connectivity index (χ3n) is 2.35. The number of ether oxygens (including phenoxy) is 1. The molecule has 0 aliphatic carbocycles. The highest BCUT2D eigenvalue weighted by molar-refractivity contribution is 5.79. The number of esters is 1. The summed E-state index contributed by atoms with van der Waals surface area (Å²) in [6.07, 6.45) is 0.853. The maximum atomic E-state index is 11.3. The molecule has 0 fully saturated rings. The van der Waals surface area contributed by atoms with E-state index < -0.39 is 0 Å². The Hall–Kier alpha value is -0.860. The summed E-state index contributed by atoms with van der Waals surface area (Å²) in [7, 11) is 0. The Bertz CT molecular complexity index is 219. The van der Waals surface area contributed by atoms with E-state index in [9.17, 15) is 9.59 Å². The van der Waals surface area contributed by atoms with Crippen LogP contribution in [0.2, 0.25) is 0 Å². The summed E-state index contributed by atoms with van der Waals surface area (Å²) in [5.41, 5.74) is 0. The van der Waals surface area contributed by atoms with Crippen LogP contribution in [0.25, 0.3) is 0 Å². The molecule has 1 unspecified atom stereocenters. The molecule has 0 spiro atoms. The highest BCUT2D eigenvalue weighted by atomic mass is 16.5. The molecular formula is C12H22O3. The molecule has 0 saturated carbocycles. The van der Waals surface area contributed by atoms with Gasteiger partial charge in [-0.15, -0.1) is 0 Å². The minimum atomic E-state index is -0.211. The van der Waals surface area contributed by atoms with Crippen LogP contribution < -0.4 is 0 Å². The minimum Gasteiger partial charge on any atom is -0.463 e. The molecule has 0 aliphatic heterocycles. The summed E-state index contributed by atoms with van der Waals surface area (Å²) in [6, 6.07) is 0. The second-order valence-corrected chi connectivity index (χ2v) is 4.54. The molecule has 0 aromatic rings. The van der Waals surface area contributed by atoms with E-state index >= 15 is 0 Å². The van der Waals surface area contributed by atoms with Crippen molar-refractivity contribution in [1.82, 2.24) is 0 Å². The van der Waals surface area contributed by atoms with Gasteiger partial charge in [-0.3, -0.25) is 9.59 Å². The van der Waals surface area contributed by atoms with Gasteiger partial charge < -0.3 is 4.74 Å². The fourth-order valence-corrected chi connectivity index (χ4v) is 1.60. The first-order chi connectivity index (χ1) is 6.84. The van der Waals surface area contributed by atoms with Crippen LogP contribution in [-0.2, 0) is 14.3 Å². The molecule has 1 atom stereocenters. The fourth-order valence-electron chi connectivity index (χ4n) is 1.60. The average molecular weight is 214 g/mol. The normalized spacial score (nSPS) is 13.0. The van der Waals surface area contributed by atoms with Crippen LogP contribution in [0.15, 0.2) is 0 Å². The molecule has 0 aliphatic rings. The number of ketones is 1. The summed E-state index contributed by atoms with van der Waals surface area (Å²) < 4.78 is 5.01. The molecule has 3 nitrogen and oxygen atoms in total. The number of Topliss-reactive ketones (excluding diaryl/α,β-unsaturated/α-hetero) is 1. The molecule has 3 heteroatoms. The minimum absolute atomic E-state index is 0.0234. The van der Waals surface area contributed by atoms with Crippen molar-refractivity contribution in [3.63, 3.8) is 0 Å². The molecule has 0 bridgehead atoms. The third-order valence-corrected chi connectivity index (χ3v) is 2.35. The Kier molecular flexibility index (Phi) is 6.21. The highest BCUT2D eigenvalue weighted by Gasteiger charge is 2.20. The van der Waals surface area contributed by atoms with Crippen LogP contribution in [-0.4, -0.2) is 17.9 Å². The largest absolute Gasteiger partial charge is 0.463 e. The Morgan fingerprint density at radius 3 is 2.00 bits per heavy atom. The van der Waals surface area contributed by atoms with Gasteiger partial charge in [0.15, 0.2) is 0 Å². The van der Waals surface area contributed by atoms with Gasteiger partial charge in [0.1, 0.15) is 5.78 Å². The first-order valence-electron chi connectivity index (χ1n) is 5.54. The standard InChI is InChI=1S/C12H22O3/c1-8(2)11(10(5)13)6-7-12(14)15-9(3)4/h8-9,11H,6-7H2,1-5H3. The maximum absolute atomic E-state index is 11.3. The predicted molar refractivity (Wildman–Crippen MR) is 59.5 cm³/mol. The van der Waals surface area contributed by atoms with Gasteiger partial charge in [0.25, 0.3) is 0 Å². The quantitative estimate of drug-likeness (QED) is 0.638. The van der Waals surface area contributed by atoms with E-state index in [-0.39, 0.29) is 29.7 Å². The zero-order valence-electron chi connectivity index (χ0n) is 10.4. The van der Waals surface area contributed by atoms with Crippen molar-refractivity contribution in [1.29, 1.82) is 0 Å². The van der Waals surface area contributed by atoms with Crippen molar-refractivity contribution in [2.75, 3.05) is 0 Å². The van der Waals surface area contributed by atoms with Crippen LogP contribution in [0.1, 0.15) is 47.5 Å². The second kappa shape index (κ2) is 6.59. The lowest BCUT2D eigenvalue weighted by Crippen LogP contribution is -2.20. The van der Waals surface area contributed by atoms with E-state index in [2.05, 4.69) is 0 Å². The number of carbonyl (C=O) groups is 2. The molecule has 0 N–H and O–H groups in total. The monoisotopic (exact) mass is 214 g/mol. The lowest BCUT2D eigenvalue weighted by Gasteiger charge is -2.17. The van der Waals surface area contributed by atoms with Gasteiger partial charge in [0, 0.05) is 12.3 Å². The van der Waals surface area contributed by atoms with Crippen LogP contribution in [0.3, 0.4) is 0 Å². The zero-order valence-corrected chi connectivity index (χ0v) is 10.4. The molecule has 0 aromatic carbocycles. The van der Waals surface area contributed by atoms with Gasteiger partial charge in [-0.05, 0) is 33.1 Å². The van der Waals surface area contributed by atoms with Crippen molar-refractivity contribution in [2.24, 2.45) is 11.8 Å². The van der Waals surface area contributed by atoms with E-state index in [1.165, 1.54) is 0 Å². The Morgan fingerprint density at radius 1 is 1.13 bits per heavy atom. The summed E-state index contributed by atoms with van der Waals surface area (Å²) >= 11 is 0. The van der Waals surface area contributed by atoms with Crippen molar-refractivity contribution >= 4 is 11.8 Å². The first kappa shape index (κ1) is 14.1. The summed E-state index contributed by atoms with van der Waals surface area (Å²) in [4.78, 5) is 22.5. The Morgan fingerprint density at radius 2 is 1.67 bits per heavy atom. The van der Waals surface area contributed by atoms with Gasteiger partial charge >= 0.3 is 5.97 Å². The van der Waals surface area contributed by atoms with E-state index in [4.69, 9.17) is 4.74 Å². The lowest BCUT2D eigenvalue weighted by molar-refractivity contribution is -0.147. The molecule has 0 radical (unpaired) electrons. The molecule has 0 heterocycles.